The lowest BCUT2D eigenvalue weighted by Gasteiger charge is -2.06. The van der Waals surface area contributed by atoms with E-state index >= 15 is 0 Å². The maximum absolute atomic E-state index is 12.0. The molecule has 1 amide bonds. The van der Waals surface area contributed by atoms with Crippen LogP contribution in [0.15, 0.2) is 9.31 Å². The van der Waals surface area contributed by atoms with Crippen LogP contribution in [-0.4, -0.2) is 39.0 Å². The maximum atomic E-state index is 12.0. The van der Waals surface area contributed by atoms with E-state index in [1.54, 1.807) is 0 Å². The molecule has 8 nitrogen and oxygen atoms in total. The summed E-state index contributed by atoms with van der Waals surface area (Å²) in [6, 6.07) is 0. The molecule has 0 aromatic carbocycles. The number of carboxylic acids is 1. The van der Waals surface area contributed by atoms with Crippen molar-refractivity contribution in [2.75, 3.05) is 13.6 Å². The third-order valence-corrected chi connectivity index (χ3v) is 3.94. The first-order valence-corrected chi connectivity index (χ1v) is 6.72. The van der Waals surface area contributed by atoms with E-state index in [1.807, 2.05) is 4.72 Å². The number of carbonyl (C=O) groups is 2. The van der Waals surface area contributed by atoms with Crippen molar-refractivity contribution in [1.29, 1.82) is 0 Å². The minimum Gasteiger partial charge on any atom is -0.478 e. The second kappa shape index (κ2) is 5.41. The minimum absolute atomic E-state index is 0.00896. The zero-order valence-corrected chi connectivity index (χ0v) is 11.4. The Morgan fingerprint density at radius 3 is 2.32 bits per heavy atom. The van der Waals surface area contributed by atoms with Gasteiger partial charge in [-0.25, -0.2) is 17.9 Å². The average molecular weight is 290 g/mol. The highest BCUT2D eigenvalue weighted by atomic mass is 32.2. The molecular weight excluding hydrogens is 276 g/mol. The van der Waals surface area contributed by atoms with Crippen molar-refractivity contribution < 1.29 is 27.5 Å². The Kier molecular flexibility index (Phi) is 4.32. The molecule has 0 aliphatic heterocycles. The lowest BCUT2D eigenvalue weighted by Crippen LogP contribution is -2.35. The Labute approximate surface area is 109 Å². The van der Waals surface area contributed by atoms with Crippen LogP contribution in [0.25, 0.3) is 0 Å². The topological polar surface area (TPSA) is 126 Å². The predicted octanol–water partition coefficient (Wildman–Crippen LogP) is -0.381. The van der Waals surface area contributed by atoms with Crippen LogP contribution in [0.2, 0.25) is 0 Å². The van der Waals surface area contributed by atoms with E-state index in [2.05, 4.69) is 5.32 Å². The number of sulfonamides is 1. The van der Waals surface area contributed by atoms with Crippen LogP contribution in [-0.2, 0) is 14.8 Å². The molecule has 0 unspecified atom stereocenters. The third-order valence-electron chi connectivity index (χ3n) is 2.39. The first-order valence-electron chi connectivity index (χ1n) is 5.24. The molecule has 0 radical (unpaired) electrons. The van der Waals surface area contributed by atoms with Gasteiger partial charge in [0.15, 0.2) is 0 Å². The number of hydrogen-bond donors (Lipinski definition) is 3. The second-order valence-electron chi connectivity index (χ2n) is 3.72. The van der Waals surface area contributed by atoms with Crippen molar-refractivity contribution >= 4 is 21.9 Å². The molecule has 0 atom stereocenters. The number of rotatable bonds is 5. The van der Waals surface area contributed by atoms with Gasteiger partial charge in [0.05, 0.1) is 6.54 Å². The molecule has 1 rings (SSSR count). The smallest absolute Gasteiger partial charge is 0.340 e. The largest absolute Gasteiger partial charge is 0.478 e. The molecule has 0 saturated heterocycles. The summed E-state index contributed by atoms with van der Waals surface area (Å²) in [6.07, 6.45) is 0. The van der Waals surface area contributed by atoms with Crippen molar-refractivity contribution in [3.8, 4) is 0 Å². The number of likely N-dealkylation sites (N-methyl/N-ethyl adjacent to an activating group) is 1. The van der Waals surface area contributed by atoms with Crippen molar-refractivity contribution in [3.05, 3.63) is 17.1 Å². The Balaban J connectivity index is 3.22. The fourth-order valence-corrected chi connectivity index (χ4v) is 2.94. The summed E-state index contributed by atoms with van der Waals surface area (Å²) in [5.74, 6) is -2.00. The summed E-state index contributed by atoms with van der Waals surface area (Å²) in [5, 5.41) is 11.3. The molecule has 19 heavy (non-hydrogen) atoms. The van der Waals surface area contributed by atoms with Crippen molar-refractivity contribution in [2.45, 2.75) is 18.7 Å². The fourth-order valence-electron chi connectivity index (χ4n) is 1.56. The number of furan rings is 1. The van der Waals surface area contributed by atoms with E-state index < -0.39 is 38.9 Å². The van der Waals surface area contributed by atoms with Gasteiger partial charge in [0, 0.05) is 7.05 Å². The van der Waals surface area contributed by atoms with E-state index in [0.29, 0.717) is 0 Å². The fraction of sp³-hybridized carbons (Fsp3) is 0.400. The van der Waals surface area contributed by atoms with Crippen LogP contribution in [0.1, 0.15) is 21.9 Å². The summed E-state index contributed by atoms with van der Waals surface area (Å²) in [5.41, 5.74) is -0.429. The minimum atomic E-state index is -4.14. The first-order chi connectivity index (χ1) is 8.70. The highest BCUT2D eigenvalue weighted by Crippen LogP contribution is 2.26. The summed E-state index contributed by atoms with van der Waals surface area (Å²) in [4.78, 5) is 21.6. The van der Waals surface area contributed by atoms with Gasteiger partial charge in [0.1, 0.15) is 22.0 Å². The van der Waals surface area contributed by atoms with Gasteiger partial charge in [0.2, 0.25) is 15.9 Å². The molecule has 106 valence electrons. The van der Waals surface area contributed by atoms with Gasteiger partial charge in [-0.3, -0.25) is 4.79 Å². The first kappa shape index (κ1) is 15.2. The summed E-state index contributed by atoms with van der Waals surface area (Å²) < 4.78 is 31.0. The van der Waals surface area contributed by atoms with Gasteiger partial charge in [0.25, 0.3) is 0 Å². The van der Waals surface area contributed by atoms with E-state index in [0.717, 1.165) is 0 Å². The van der Waals surface area contributed by atoms with Crippen LogP contribution in [0.5, 0.6) is 0 Å². The zero-order chi connectivity index (χ0) is 14.8. The molecule has 0 aliphatic carbocycles. The number of carboxylic acid groups (broad SMARTS) is 1. The monoisotopic (exact) mass is 290 g/mol. The summed E-state index contributed by atoms with van der Waals surface area (Å²) >= 11 is 0. The average Bonchev–Trinajstić information content (AvgIpc) is 2.61. The molecule has 0 saturated carbocycles. The Bertz CT molecular complexity index is 616. The lowest BCUT2D eigenvalue weighted by atomic mass is 10.2. The van der Waals surface area contributed by atoms with Crippen LogP contribution in [0.3, 0.4) is 0 Å². The van der Waals surface area contributed by atoms with Crippen LogP contribution in [0.4, 0.5) is 0 Å². The van der Waals surface area contributed by atoms with Gasteiger partial charge >= 0.3 is 5.97 Å². The van der Waals surface area contributed by atoms with Gasteiger partial charge in [-0.2, -0.15) is 0 Å². The molecule has 0 aliphatic rings. The predicted molar refractivity (Wildman–Crippen MR) is 64.4 cm³/mol. The normalized spacial score (nSPS) is 11.3. The number of nitrogens with one attached hydrogen (secondary N) is 2. The van der Waals surface area contributed by atoms with Gasteiger partial charge < -0.3 is 14.8 Å². The highest BCUT2D eigenvalue weighted by molar-refractivity contribution is 7.89. The molecule has 9 heteroatoms. The van der Waals surface area contributed by atoms with E-state index in [-0.39, 0.29) is 11.5 Å². The number of carbonyl (C=O) groups excluding carboxylic acids is 1. The molecular formula is C10H14N2O6S. The van der Waals surface area contributed by atoms with E-state index in [9.17, 15) is 18.0 Å². The molecule has 1 heterocycles. The SMILES string of the molecule is CNC(=O)CNS(=O)(=O)c1c(C)oc(C)c1C(=O)O. The van der Waals surface area contributed by atoms with Crippen molar-refractivity contribution in [1.82, 2.24) is 10.0 Å². The van der Waals surface area contributed by atoms with Crippen LogP contribution >= 0.6 is 0 Å². The molecule has 1 aromatic rings. The van der Waals surface area contributed by atoms with Gasteiger partial charge in [-0.15, -0.1) is 0 Å². The number of aryl methyl sites for hydroxylation is 2. The lowest BCUT2D eigenvalue weighted by molar-refractivity contribution is -0.119. The standard InChI is InChI=1S/C10H14N2O6S/c1-5-8(10(14)15)9(6(2)18-5)19(16,17)12-4-7(13)11-3/h12H,4H2,1-3H3,(H,11,13)(H,14,15). The zero-order valence-electron chi connectivity index (χ0n) is 10.6. The Morgan fingerprint density at radius 1 is 1.26 bits per heavy atom. The third kappa shape index (κ3) is 3.12. The summed E-state index contributed by atoms with van der Waals surface area (Å²) in [7, 11) is -2.78. The number of aromatic carboxylic acids is 1. The maximum Gasteiger partial charge on any atom is 0.340 e. The molecule has 0 spiro atoms. The van der Waals surface area contributed by atoms with Crippen LogP contribution in [0, 0.1) is 13.8 Å². The van der Waals surface area contributed by atoms with Crippen LogP contribution < -0.4 is 10.0 Å². The quantitative estimate of drug-likeness (QED) is 0.678. The number of amides is 1. The van der Waals surface area contributed by atoms with E-state index in [1.165, 1.54) is 20.9 Å². The summed E-state index contributed by atoms with van der Waals surface area (Å²) in [6.45, 7) is 2.21. The second-order valence-corrected chi connectivity index (χ2v) is 5.43. The highest BCUT2D eigenvalue weighted by Gasteiger charge is 2.30. The molecule has 3 N–H and O–H groups in total. The Hall–Kier alpha value is -1.87. The van der Waals surface area contributed by atoms with Crippen molar-refractivity contribution in [2.24, 2.45) is 0 Å². The molecule has 0 fully saturated rings. The van der Waals surface area contributed by atoms with Gasteiger partial charge in [-0.1, -0.05) is 0 Å². The molecule has 0 bridgehead atoms. The molecule has 1 aromatic heterocycles. The van der Waals surface area contributed by atoms with E-state index in [4.69, 9.17) is 9.52 Å². The number of hydrogen-bond acceptors (Lipinski definition) is 5. The van der Waals surface area contributed by atoms with Crippen molar-refractivity contribution in [3.63, 3.8) is 0 Å². The Morgan fingerprint density at radius 2 is 1.84 bits per heavy atom. The van der Waals surface area contributed by atoms with Gasteiger partial charge in [-0.05, 0) is 13.8 Å².